The normalized spacial score (nSPS) is 15.9. The zero-order valence-corrected chi connectivity index (χ0v) is 15.0. The quantitative estimate of drug-likeness (QED) is 0.893. The summed E-state index contributed by atoms with van der Waals surface area (Å²) in [6.45, 7) is 0.320. The summed E-state index contributed by atoms with van der Waals surface area (Å²) in [5.41, 5.74) is 0.712. The zero-order valence-electron chi connectivity index (χ0n) is 14.2. The molecule has 6 heteroatoms. The molecule has 1 N–H and O–H groups in total. The number of hydrogen-bond donors (Lipinski definition) is 1. The molecule has 2 aromatic heterocycles. The summed E-state index contributed by atoms with van der Waals surface area (Å²) in [4.78, 5) is 29.9. The van der Waals surface area contributed by atoms with E-state index in [2.05, 4.69) is 5.32 Å². The van der Waals surface area contributed by atoms with Crippen LogP contribution in [-0.2, 0) is 0 Å². The molecule has 5 nitrogen and oxygen atoms in total. The Labute approximate surface area is 151 Å². The van der Waals surface area contributed by atoms with E-state index in [9.17, 15) is 9.59 Å². The lowest BCUT2D eigenvalue weighted by Gasteiger charge is -2.17. The number of hydrogen-bond acceptors (Lipinski definition) is 4. The largest absolute Gasteiger partial charge is 0.351 e. The van der Waals surface area contributed by atoms with E-state index in [1.165, 1.54) is 30.6 Å². The number of nitrogens with one attached hydrogen (secondary N) is 1. The number of rotatable bonds is 5. The minimum atomic E-state index is -0.132. The molecule has 0 aromatic carbocycles. The van der Waals surface area contributed by atoms with Crippen molar-refractivity contribution in [1.29, 1.82) is 0 Å². The van der Waals surface area contributed by atoms with Crippen LogP contribution in [0.15, 0.2) is 46.9 Å². The molecule has 1 aliphatic rings. The Hall–Kier alpha value is -2.21. The highest BCUT2D eigenvalue weighted by Gasteiger charge is 2.13. The molecule has 2 aromatic rings. The molecule has 0 atom stereocenters. The van der Waals surface area contributed by atoms with Gasteiger partial charge < -0.3 is 5.32 Å². The van der Waals surface area contributed by atoms with Gasteiger partial charge in [-0.2, -0.15) is 0 Å². The van der Waals surface area contributed by atoms with Gasteiger partial charge in [0.05, 0.1) is 10.9 Å². The third kappa shape index (κ3) is 4.89. The first kappa shape index (κ1) is 17.6. The van der Waals surface area contributed by atoms with Gasteiger partial charge >= 0.3 is 0 Å². The van der Waals surface area contributed by atoms with Gasteiger partial charge in [0.1, 0.15) is 5.49 Å². The van der Waals surface area contributed by atoms with E-state index < -0.39 is 0 Å². The summed E-state index contributed by atoms with van der Waals surface area (Å²) in [6.07, 6.45) is 7.90. The van der Waals surface area contributed by atoms with Crippen LogP contribution in [0.2, 0.25) is 0 Å². The van der Waals surface area contributed by atoms with E-state index in [1.807, 2.05) is 29.6 Å². The van der Waals surface area contributed by atoms with Gasteiger partial charge in [0, 0.05) is 19.2 Å². The predicted molar refractivity (Wildman–Crippen MR) is 98.8 cm³/mol. The molecule has 2 heterocycles. The van der Waals surface area contributed by atoms with Crippen LogP contribution in [0.5, 0.6) is 0 Å². The van der Waals surface area contributed by atoms with Crippen molar-refractivity contribution >= 4 is 23.2 Å². The fourth-order valence-corrected chi connectivity index (χ4v) is 3.69. The molecule has 1 saturated carbocycles. The first-order valence-electron chi connectivity index (χ1n) is 8.80. The maximum Gasteiger partial charge on any atom is 0.261 e. The van der Waals surface area contributed by atoms with Crippen LogP contribution >= 0.6 is 11.3 Å². The molecule has 1 amide bonds. The van der Waals surface area contributed by atoms with E-state index in [1.54, 1.807) is 16.8 Å². The van der Waals surface area contributed by atoms with Crippen molar-refractivity contribution in [2.24, 2.45) is 4.99 Å². The van der Waals surface area contributed by atoms with Crippen LogP contribution in [-0.4, -0.2) is 29.0 Å². The van der Waals surface area contributed by atoms with E-state index >= 15 is 0 Å². The Morgan fingerprint density at radius 1 is 1.16 bits per heavy atom. The van der Waals surface area contributed by atoms with Crippen molar-refractivity contribution < 1.29 is 9.59 Å². The molecular weight excluding hydrogens is 334 g/mol. The predicted octanol–water partition coefficient (Wildman–Crippen LogP) is 3.24. The summed E-state index contributed by atoms with van der Waals surface area (Å²) in [6, 6.07) is 9.55. The Bertz CT molecular complexity index is 774. The summed E-state index contributed by atoms with van der Waals surface area (Å²) < 4.78 is 1.60. The van der Waals surface area contributed by atoms with Gasteiger partial charge in [0.2, 0.25) is 5.91 Å². The van der Waals surface area contributed by atoms with E-state index in [0.29, 0.717) is 23.0 Å². The van der Waals surface area contributed by atoms with Crippen molar-refractivity contribution in [2.75, 3.05) is 6.54 Å². The smallest absolute Gasteiger partial charge is 0.261 e. The monoisotopic (exact) mass is 357 g/mol. The van der Waals surface area contributed by atoms with Gasteiger partial charge in [-0.15, -0.1) is 11.3 Å². The van der Waals surface area contributed by atoms with E-state index in [0.717, 1.165) is 12.8 Å². The number of aromatic nitrogens is 1. The van der Waals surface area contributed by atoms with Crippen LogP contribution in [0.1, 0.15) is 53.0 Å². The van der Waals surface area contributed by atoms with Gasteiger partial charge in [-0.25, -0.2) is 0 Å². The van der Waals surface area contributed by atoms with Crippen molar-refractivity contribution in [3.8, 4) is 0 Å². The lowest BCUT2D eigenvalue weighted by Crippen LogP contribution is -2.32. The highest BCUT2D eigenvalue weighted by Crippen LogP contribution is 2.19. The molecule has 0 radical (unpaired) electrons. The summed E-state index contributed by atoms with van der Waals surface area (Å²) in [7, 11) is 0. The summed E-state index contributed by atoms with van der Waals surface area (Å²) in [5.74, 6) is -0.186. The van der Waals surface area contributed by atoms with Crippen molar-refractivity contribution in [1.82, 2.24) is 9.88 Å². The van der Waals surface area contributed by atoms with Gasteiger partial charge in [-0.05, 0) is 36.4 Å². The highest BCUT2D eigenvalue weighted by atomic mass is 32.1. The zero-order chi connectivity index (χ0) is 17.5. The second kappa shape index (κ2) is 8.76. The van der Waals surface area contributed by atoms with Crippen molar-refractivity contribution in [2.45, 2.75) is 44.6 Å². The molecule has 0 saturated heterocycles. The van der Waals surface area contributed by atoms with Gasteiger partial charge in [-0.1, -0.05) is 31.4 Å². The number of nitrogens with zero attached hydrogens (tertiary/aromatic N) is 2. The van der Waals surface area contributed by atoms with Crippen LogP contribution in [0.25, 0.3) is 0 Å². The van der Waals surface area contributed by atoms with Gasteiger partial charge in [0.25, 0.3) is 5.91 Å². The third-order valence-electron chi connectivity index (χ3n) is 4.37. The molecule has 0 bridgehead atoms. The number of amides is 1. The number of pyridine rings is 1. The lowest BCUT2D eigenvalue weighted by molar-refractivity contribution is 0.0888. The number of thiophene rings is 1. The second-order valence-electron chi connectivity index (χ2n) is 6.23. The molecule has 0 unspecified atom stereocenters. The molecule has 0 aliphatic heterocycles. The molecular formula is C19H23N3O2S. The van der Waals surface area contributed by atoms with E-state index in [4.69, 9.17) is 4.99 Å². The van der Waals surface area contributed by atoms with Crippen LogP contribution in [0, 0.1) is 0 Å². The minimum Gasteiger partial charge on any atom is -0.351 e. The maximum absolute atomic E-state index is 12.5. The van der Waals surface area contributed by atoms with Crippen LogP contribution < -0.4 is 10.8 Å². The molecule has 0 spiro atoms. The second-order valence-corrected chi connectivity index (χ2v) is 7.17. The molecule has 1 aliphatic carbocycles. The molecule has 3 rings (SSSR count). The molecule has 25 heavy (non-hydrogen) atoms. The SMILES string of the molecule is O=C(NCCC(=O)n1ccccc1=NC1CCCCC1)c1cccs1. The first-order chi connectivity index (χ1) is 12.2. The third-order valence-corrected chi connectivity index (χ3v) is 5.23. The van der Waals surface area contributed by atoms with E-state index in [-0.39, 0.29) is 18.2 Å². The van der Waals surface area contributed by atoms with Gasteiger partial charge in [0.15, 0.2) is 0 Å². The first-order valence-corrected chi connectivity index (χ1v) is 9.68. The highest BCUT2D eigenvalue weighted by molar-refractivity contribution is 7.12. The minimum absolute atomic E-state index is 0.0540. The fourth-order valence-electron chi connectivity index (χ4n) is 3.05. The Kier molecular flexibility index (Phi) is 6.17. The standard InChI is InChI=1S/C19H23N3O2S/c23-18(11-12-20-19(24)16-9-6-14-25-16)22-13-5-4-10-17(22)21-15-7-2-1-3-8-15/h4-6,9-10,13-15H,1-3,7-8,11-12H2,(H,20,24). The summed E-state index contributed by atoms with van der Waals surface area (Å²) in [5, 5.41) is 4.65. The number of carbonyl (C=O) groups excluding carboxylic acids is 2. The number of carbonyl (C=O) groups is 2. The average Bonchev–Trinajstić information content (AvgIpc) is 3.18. The lowest BCUT2D eigenvalue weighted by atomic mass is 9.96. The van der Waals surface area contributed by atoms with Crippen LogP contribution in [0.4, 0.5) is 0 Å². The maximum atomic E-state index is 12.5. The van der Waals surface area contributed by atoms with Crippen molar-refractivity contribution in [3.05, 3.63) is 52.3 Å². The average molecular weight is 357 g/mol. The topological polar surface area (TPSA) is 63.5 Å². The van der Waals surface area contributed by atoms with Crippen molar-refractivity contribution in [3.63, 3.8) is 0 Å². The van der Waals surface area contributed by atoms with Crippen LogP contribution in [0.3, 0.4) is 0 Å². The van der Waals surface area contributed by atoms with Gasteiger partial charge in [-0.3, -0.25) is 19.1 Å². The Balaban J connectivity index is 1.62. The fraction of sp³-hybridized carbons (Fsp3) is 0.421. The summed E-state index contributed by atoms with van der Waals surface area (Å²) >= 11 is 1.39. The molecule has 132 valence electrons. The molecule has 1 fully saturated rings. The Morgan fingerprint density at radius 2 is 2.00 bits per heavy atom. The Morgan fingerprint density at radius 3 is 2.76 bits per heavy atom.